The maximum absolute atomic E-state index is 5.76. The smallest absolute Gasteiger partial charge is 0.238 e. The summed E-state index contributed by atoms with van der Waals surface area (Å²) in [5, 5.41) is 2.20. The highest BCUT2D eigenvalue weighted by atomic mass is 35.5. The summed E-state index contributed by atoms with van der Waals surface area (Å²) in [6, 6.07) is 5.48. The number of hydrogen-bond donors (Lipinski definition) is 2. The molecule has 2 aromatic heterocycles. The molecule has 3 N–H and O–H groups in total. The van der Waals surface area contributed by atoms with E-state index < -0.39 is 0 Å². The molecule has 0 aromatic carbocycles. The van der Waals surface area contributed by atoms with Gasteiger partial charge in [0.2, 0.25) is 5.95 Å². The van der Waals surface area contributed by atoms with Gasteiger partial charge in [-0.1, -0.05) is 11.6 Å². The van der Waals surface area contributed by atoms with Crippen molar-refractivity contribution in [1.82, 2.24) is 15.0 Å². The van der Waals surface area contributed by atoms with Crippen molar-refractivity contribution in [3.8, 4) is 0 Å². The van der Waals surface area contributed by atoms with Gasteiger partial charge in [0.25, 0.3) is 0 Å². The van der Waals surface area contributed by atoms with Gasteiger partial charge in [-0.3, -0.25) is 5.43 Å². The molecule has 7 heteroatoms. The molecule has 0 fully saturated rings. The van der Waals surface area contributed by atoms with E-state index in [1.807, 2.05) is 19.1 Å². The molecule has 2 rings (SSSR count). The van der Waals surface area contributed by atoms with Crippen molar-refractivity contribution in [2.75, 3.05) is 5.43 Å². The van der Waals surface area contributed by atoms with Crippen LogP contribution in [0.1, 0.15) is 5.69 Å². The first-order valence-corrected chi connectivity index (χ1v) is 5.98. The third kappa shape index (κ3) is 3.29. The Morgan fingerprint density at radius 3 is 2.76 bits per heavy atom. The van der Waals surface area contributed by atoms with Gasteiger partial charge in [0.1, 0.15) is 10.1 Å². The summed E-state index contributed by atoms with van der Waals surface area (Å²) in [5.41, 5.74) is 3.26. The molecule has 0 aliphatic rings. The van der Waals surface area contributed by atoms with E-state index in [-0.39, 0.29) is 0 Å². The second-order valence-corrected chi connectivity index (χ2v) is 4.71. The Bertz CT molecular complexity index is 517. The highest BCUT2D eigenvalue weighted by Crippen LogP contribution is 2.25. The number of nitrogens with two attached hydrogens (primary N) is 1. The van der Waals surface area contributed by atoms with Gasteiger partial charge >= 0.3 is 0 Å². The fraction of sp³-hybridized carbons (Fsp3) is 0.100. The number of nitrogens with zero attached hydrogens (tertiary/aromatic N) is 3. The molecule has 0 saturated carbocycles. The van der Waals surface area contributed by atoms with E-state index in [9.17, 15) is 0 Å². The molecule has 0 aliphatic heterocycles. The van der Waals surface area contributed by atoms with Crippen LogP contribution in [-0.4, -0.2) is 15.0 Å². The van der Waals surface area contributed by atoms with Crippen LogP contribution < -0.4 is 11.3 Å². The Hall–Kier alpha value is -1.37. The topological polar surface area (TPSA) is 76.7 Å². The van der Waals surface area contributed by atoms with Gasteiger partial charge in [-0.05, 0) is 36.9 Å². The molecule has 0 radical (unpaired) electrons. The number of rotatable bonds is 3. The lowest BCUT2D eigenvalue weighted by Crippen LogP contribution is -2.11. The fourth-order valence-electron chi connectivity index (χ4n) is 1.19. The lowest BCUT2D eigenvalue weighted by atomic mass is 10.5. The first-order chi connectivity index (χ1) is 8.17. The second kappa shape index (κ2) is 5.31. The highest BCUT2D eigenvalue weighted by Gasteiger charge is 2.04. The zero-order valence-electron chi connectivity index (χ0n) is 9.01. The van der Waals surface area contributed by atoms with Crippen molar-refractivity contribution in [3.63, 3.8) is 0 Å². The van der Waals surface area contributed by atoms with Crippen LogP contribution in [0.4, 0.5) is 5.95 Å². The minimum absolute atomic E-state index is 0.390. The van der Waals surface area contributed by atoms with Crippen molar-refractivity contribution < 1.29 is 0 Å². The van der Waals surface area contributed by atoms with Gasteiger partial charge in [0, 0.05) is 11.9 Å². The third-order valence-corrected chi connectivity index (χ3v) is 2.96. The minimum atomic E-state index is 0.390. The molecule has 17 heavy (non-hydrogen) atoms. The number of hydrazine groups is 1. The molecule has 0 spiro atoms. The first kappa shape index (κ1) is 12.1. The van der Waals surface area contributed by atoms with Crippen LogP contribution in [-0.2, 0) is 0 Å². The molecule has 5 nitrogen and oxygen atoms in total. The maximum Gasteiger partial charge on any atom is 0.238 e. The average molecular weight is 268 g/mol. The summed E-state index contributed by atoms with van der Waals surface area (Å²) in [7, 11) is 0. The van der Waals surface area contributed by atoms with Crippen molar-refractivity contribution in [3.05, 3.63) is 35.1 Å². The van der Waals surface area contributed by atoms with Crippen LogP contribution in [0.15, 0.2) is 34.4 Å². The molecule has 0 unspecified atom stereocenters. The van der Waals surface area contributed by atoms with Crippen LogP contribution in [0.3, 0.4) is 0 Å². The predicted molar refractivity (Wildman–Crippen MR) is 67.9 cm³/mol. The maximum atomic E-state index is 5.76. The molecule has 0 bridgehead atoms. The summed E-state index contributed by atoms with van der Waals surface area (Å²) < 4.78 is 0. The predicted octanol–water partition coefficient (Wildman–Crippen LogP) is 2.27. The summed E-state index contributed by atoms with van der Waals surface area (Å²) >= 11 is 7.19. The number of pyridine rings is 1. The zero-order valence-corrected chi connectivity index (χ0v) is 10.6. The molecule has 0 atom stereocenters. The van der Waals surface area contributed by atoms with E-state index in [2.05, 4.69) is 20.4 Å². The van der Waals surface area contributed by atoms with Gasteiger partial charge in [-0.15, -0.1) is 0 Å². The Morgan fingerprint density at radius 2 is 2.12 bits per heavy atom. The Balaban J connectivity index is 2.23. The molecule has 2 heterocycles. The number of aryl methyl sites for hydroxylation is 1. The molecule has 88 valence electrons. The quantitative estimate of drug-likeness (QED) is 0.505. The van der Waals surface area contributed by atoms with Crippen molar-refractivity contribution >= 4 is 29.3 Å². The highest BCUT2D eigenvalue weighted by molar-refractivity contribution is 7.99. The van der Waals surface area contributed by atoms with Crippen LogP contribution in [0, 0.1) is 6.92 Å². The fourth-order valence-corrected chi connectivity index (χ4v) is 2.12. The second-order valence-electron chi connectivity index (χ2n) is 3.23. The van der Waals surface area contributed by atoms with Gasteiger partial charge in [0.05, 0.1) is 5.02 Å². The van der Waals surface area contributed by atoms with Crippen molar-refractivity contribution in [1.29, 1.82) is 0 Å². The number of hydrogen-bond acceptors (Lipinski definition) is 6. The van der Waals surface area contributed by atoms with E-state index >= 15 is 0 Å². The number of nitrogens with one attached hydrogen (secondary N) is 1. The standard InChI is InChI=1S/C10H10ClN5S/c1-6-4-9(15-10(14-6)16-12)17-8-3-2-7(11)5-13-8/h2-5H,12H2,1H3,(H,14,15,16). The van der Waals surface area contributed by atoms with E-state index in [0.717, 1.165) is 15.7 Å². The van der Waals surface area contributed by atoms with Crippen molar-refractivity contribution in [2.45, 2.75) is 17.0 Å². The minimum Gasteiger partial charge on any atom is -0.292 e. The molecular weight excluding hydrogens is 258 g/mol. The summed E-state index contributed by atoms with van der Waals surface area (Å²) in [5.74, 6) is 5.67. The van der Waals surface area contributed by atoms with Crippen LogP contribution >= 0.6 is 23.4 Å². The van der Waals surface area contributed by atoms with E-state index in [4.69, 9.17) is 17.4 Å². The van der Waals surface area contributed by atoms with Gasteiger partial charge < -0.3 is 0 Å². The molecular formula is C10H10ClN5S. The number of nitrogen functional groups attached to an aromatic ring is 1. The molecule has 0 aliphatic carbocycles. The lowest BCUT2D eigenvalue weighted by molar-refractivity contribution is 0.989. The third-order valence-electron chi connectivity index (χ3n) is 1.87. The number of anilines is 1. The van der Waals surface area contributed by atoms with Crippen LogP contribution in [0.2, 0.25) is 5.02 Å². The lowest BCUT2D eigenvalue weighted by Gasteiger charge is -2.04. The van der Waals surface area contributed by atoms with E-state index in [1.165, 1.54) is 11.8 Å². The molecule has 0 amide bonds. The molecule has 2 aromatic rings. The van der Waals surface area contributed by atoms with Crippen molar-refractivity contribution in [2.24, 2.45) is 5.84 Å². The first-order valence-electron chi connectivity index (χ1n) is 4.79. The van der Waals surface area contributed by atoms with E-state index in [1.54, 1.807) is 12.3 Å². The normalized spacial score (nSPS) is 10.3. The Kier molecular flexibility index (Phi) is 3.78. The van der Waals surface area contributed by atoms with Gasteiger partial charge in [-0.25, -0.2) is 20.8 Å². The largest absolute Gasteiger partial charge is 0.292 e. The monoisotopic (exact) mass is 267 g/mol. The average Bonchev–Trinajstić information content (AvgIpc) is 2.31. The molecule has 0 saturated heterocycles. The Morgan fingerprint density at radius 1 is 1.29 bits per heavy atom. The van der Waals surface area contributed by atoms with Gasteiger partial charge in [-0.2, -0.15) is 0 Å². The Labute approximate surface area is 108 Å². The van der Waals surface area contributed by atoms with E-state index in [0.29, 0.717) is 11.0 Å². The summed E-state index contributed by atoms with van der Waals surface area (Å²) in [6.07, 6.45) is 1.60. The van der Waals surface area contributed by atoms with Crippen LogP contribution in [0.5, 0.6) is 0 Å². The summed E-state index contributed by atoms with van der Waals surface area (Å²) in [6.45, 7) is 1.88. The number of halogens is 1. The van der Waals surface area contributed by atoms with Crippen LogP contribution in [0.25, 0.3) is 0 Å². The number of aromatic nitrogens is 3. The SMILES string of the molecule is Cc1cc(Sc2ccc(Cl)cn2)nc(NN)n1. The summed E-state index contributed by atoms with van der Waals surface area (Å²) in [4.78, 5) is 12.5. The zero-order chi connectivity index (χ0) is 12.3. The van der Waals surface area contributed by atoms with Gasteiger partial charge in [0.15, 0.2) is 0 Å².